The number of rotatable bonds is 4. The van der Waals surface area contributed by atoms with Crippen molar-refractivity contribution in [2.24, 2.45) is 5.92 Å². The molecule has 0 aromatic heterocycles. The van der Waals surface area contributed by atoms with E-state index in [1.54, 1.807) is 6.07 Å². The van der Waals surface area contributed by atoms with Gasteiger partial charge in [0.15, 0.2) is 0 Å². The largest absolute Gasteiger partial charge is 0.449 e. The van der Waals surface area contributed by atoms with E-state index in [2.05, 4.69) is 17.3 Å². The molecule has 0 spiro atoms. The van der Waals surface area contributed by atoms with E-state index in [-0.39, 0.29) is 5.82 Å². The highest BCUT2D eigenvalue weighted by molar-refractivity contribution is 5.91. The Bertz CT molecular complexity index is 763. The van der Waals surface area contributed by atoms with Gasteiger partial charge in [-0.3, -0.25) is 5.32 Å². The molecule has 0 radical (unpaired) electrons. The molecule has 1 saturated heterocycles. The summed E-state index contributed by atoms with van der Waals surface area (Å²) in [6.07, 6.45) is 0.532. The second kappa shape index (κ2) is 7.66. The van der Waals surface area contributed by atoms with Gasteiger partial charge in [-0.15, -0.1) is 0 Å². The molecule has 0 saturated carbocycles. The van der Waals surface area contributed by atoms with Crippen molar-refractivity contribution in [3.8, 4) is 11.1 Å². The monoisotopic (exact) mass is 342 g/mol. The molecule has 2 aromatic carbocycles. The number of carbonyl (C=O) groups excluding carboxylic acids is 1. The van der Waals surface area contributed by atoms with Crippen molar-refractivity contribution in [2.75, 3.05) is 32.1 Å². The summed E-state index contributed by atoms with van der Waals surface area (Å²) >= 11 is 0. The van der Waals surface area contributed by atoms with Crippen molar-refractivity contribution in [3.05, 3.63) is 53.8 Å². The van der Waals surface area contributed by atoms with E-state index in [9.17, 15) is 9.18 Å². The maximum Gasteiger partial charge on any atom is 0.411 e. The molecule has 0 bridgehead atoms. The molecule has 132 valence electrons. The molecule has 0 unspecified atom stereocenters. The summed E-state index contributed by atoms with van der Waals surface area (Å²) in [5.74, 6) is 0.0321. The van der Waals surface area contributed by atoms with E-state index in [0.29, 0.717) is 23.8 Å². The van der Waals surface area contributed by atoms with E-state index >= 15 is 0 Å². The smallest absolute Gasteiger partial charge is 0.411 e. The van der Waals surface area contributed by atoms with Gasteiger partial charge in [0.25, 0.3) is 0 Å². The fraction of sp³-hybridized carbons (Fsp3) is 0.350. The van der Waals surface area contributed by atoms with Crippen molar-refractivity contribution in [1.82, 2.24) is 4.90 Å². The highest BCUT2D eigenvalue weighted by Crippen LogP contribution is 2.29. The van der Waals surface area contributed by atoms with Gasteiger partial charge in [-0.1, -0.05) is 29.8 Å². The van der Waals surface area contributed by atoms with Crippen LogP contribution in [0.15, 0.2) is 42.5 Å². The highest BCUT2D eigenvalue weighted by atomic mass is 19.1. The van der Waals surface area contributed by atoms with Crippen molar-refractivity contribution in [1.29, 1.82) is 0 Å². The average Bonchev–Trinajstić information content (AvgIpc) is 3.00. The first-order chi connectivity index (χ1) is 12.0. The molecular formula is C20H23FN2O2. The molecular weight excluding hydrogens is 319 g/mol. The van der Waals surface area contributed by atoms with Gasteiger partial charge in [0.1, 0.15) is 5.82 Å². The van der Waals surface area contributed by atoms with Gasteiger partial charge in [-0.05, 0) is 50.7 Å². The summed E-state index contributed by atoms with van der Waals surface area (Å²) in [5, 5.41) is 2.75. The van der Waals surface area contributed by atoms with Crippen LogP contribution in [0.5, 0.6) is 0 Å². The van der Waals surface area contributed by atoms with Crippen LogP contribution in [0.25, 0.3) is 11.1 Å². The molecule has 2 aromatic rings. The summed E-state index contributed by atoms with van der Waals surface area (Å²) in [7, 11) is 2.06. The van der Waals surface area contributed by atoms with Crippen LogP contribution < -0.4 is 5.32 Å². The molecule has 1 heterocycles. The molecule has 1 aliphatic rings. The minimum atomic E-state index is -0.505. The van der Waals surface area contributed by atoms with Gasteiger partial charge in [-0.25, -0.2) is 9.18 Å². The van der Waals surface area contributed by atoms with E-state index in [1.165, 1.54) is 12.1 Å². The minimum absolute atomic E-state index is 0.343. The second-order valence-electron chi connectivity index (χ2n) is 6.70. The molecule has 3 rings (SSSR count). The summed E-state index contributed by atoms with van der Waals surface area (Å²) in [6, 6.07) is 12.1. The normalized spacial score (nSPS) is 17.5. The van der Waals surface area contributed by atoms with E-state index in [0.717, 1.165) is 30.6 Å². The van der Waals surface area contributed by atoms with Crippen LogP contribution >= 0.6 is 0 Å². The Morgan fingerprint density at radius 2 is 2.16 bits per heavy atom. The van der Waals surface area contributed by atoms with Crippen LogP contribution in [0.4, 0.5) is 14.9 Å². The maximum absolute atomic E-state index is 13.7. The third-order valence-electron chi connectivity index (χ3n) is 4.49. The Hall–Kier alpha value is -2.40. The average molecular weight is 342 g/mol. The predicted octanol–water partition coefficient (Wildman–Crippen LogP) is 4.30. The van der Waals surface area contributed by atoms with Gasteiger partial charge in [0.05, 0.1) is 12.3 Å². The first kappa shape index (κ1) is 17.4. The summed E-state index contributed by atoms with van der Waals surface area (Å²) < 4.78 is 19.1. The number of hydrogen-bond acceptors (Lipinski definition) is 3. The SMILES string of the molecule is Cc1cccc(-c2cc(F)ccc2NC(=O)OC[C@@H]2CCN(C)C2)c1. The number of aryl methyl sites for hydroxylation is 1. The number of likely N-dealkylation sites (tertiary alicyclic amines) is 1. The van der Waals surface area contributed by atoms with Gasteiger partial charge < -0.3 is 9.64 Å². The standard InChI is InChI=1S/C20H23FN2O2/c1-14-4-3-5-16(10-14)18-11-17(21)6-7-19(18)22-20(24)25-13-15-8-9-23(2)12-15/h3-7,10-11,15H,8-9,12-13H2,1-2H3,(H,22,24)/t15-/m1/s1. The second-order valence-corrected chi connectivity index (χ2v) is 6.70. The molecule has 0 aliphatic carbocycles. The van der Waals surface area contributed by atoms with Gasteiger partial charge in [-0.2, -0.15) is 0 Å². The first-order valence-electron chi connectivity index (χ1n) is 8.50. The number of anilines is 1. The molecule has 1 amide bonds. The van der Waals surface area contributed by atoms with Crippen LogP contribution in [0.3, 0.4) is 0 Å². The van der Waals surface area contributed by atoms with Crippen molar-refractivity contribution in [3.63, 3.8) is 0 Å². The molecule has 1 atom stereocenters. The van der Waals surface area contributed by atoms with E-state index in [4.69, 9.17) is 4.74 Å². The fourth-order valence-corrected chi connectivity index (χ4v) is 3.18. The van der Waals surface area contributed by atoms with E-state index in [1.807, 2.05) is 31.2 Å². The number of benzene rings is 2. The van der Waals surface area contributed by atoms with Crippen LogP contribution in [-0.4, -0.2) is 37.7 Å². The number of carbonyl (C=O) groups is 1. The number of amides is 1. The van der Waals surface area contributed by atoms with Crippen LogP contribution in [0.2, 0.25) is 0 Å². The summed E-state index contributed by atoms with van der Waals surface area (Å²) in [6.45, 7) is 4.35. The number of hydrogen-bond donors (Lipinski definition) is 1. The summed E-state index contributed by atoms with van der Waals surface area (Å²) in [5.41, 5.74) is 3.11. The Balaban J connectivity index is 1.70. The maximum atomic E-state index is 13.7. The number of halogens is 1. The van der Waals surface area contributed by atoms with Crippen molar-refractivity contribution in [2.45, 2.75) is 13.3 Å². The lowest BCUT2D eigenvalue weighted by Gasteiger charge is -2.14. The lowest BCUT2D eigenvalue weighted by molar-refractivity contribution is 0.142. The third-order valence-corrected chi connectivity index (χ3v) is 4.49. The molecule has 5 heteroatoms. The molecule has 1 aliphatic heterocycles. The Kier molecular flexibility index (Phi) is 5.34. The first-order valence-corrected chi connectivity index (χ1v) is 8.50. The van der Waals surface area contributed by atoms with E-state index < -0.39 is 6.09 Å². The lowest BCUT2D eigenvalue weighted by Crippen LogP contribution is -2.21. The summed E-state index contributed by atoms with van der Waals surface area (Å²) in [4.78, 5) is 14.4. The van der Waals surface area contributed by atoms with Crippen LogP contribution in [0, 0.1) is 18.7 Å². The van der Waals surface area contributed by atoms with Crippen LogP contribution in [-0.2, 0) is 4.74 Å². The van der Waals surface area contributed by atoms with Gasteiger partial charge in [0, 0.05) is 18.0 Å². The van der Waals surface area contributed by atoms with Crippen molar-refractivity contribution >= 4 is 11.8 Å². The highest BCUT2D eigenvalue weighted by Gasteiger charge is 2.21. The Labute approximate surface area is 147 Å². The zero-order valence-electron chi connectivity index (χ0n) is 14.6. The quantitative estimate of drug-likeness (QED) is 0.901. The number of nitrogens with one attached hydrogen (secondary N) is 1. The predicted molar refractivity (Wildman–Crippen MR) is 97.1 cm³/mol. The number of ether oxygens (including phenoxy) is 1. The fourth-order valence-electron chi connectivity index (χ4n) is 3.18. The molecule has 25 heavy (non-hydrogen) atoms. The Morgan fingerprint density at radius 1 is 1.32 bits per heavy atom. The van der Waals surface area contributed by atoms with Crippen LogP contribution in [0.1, 0.15) is 12.0 Å². The van der Waals surface area contributed by atoms with Gasteiger partial charge >= 0.3 is 6.09 Å². The minimum Gasteiger partial charge on any atom is -0.449 e. The third kappa shape index (κ3) is 4.57. The van der Waals surface area contributed by atoms with Crippen molar-refractivity contribution < 1.29 is 13.9 Å². The lowest BCUT2D eigenvalue weighted by atomic mass is 10.0. The van der Waals surface area contributed by atoms with Gasteiger partial charge in [0.2, 0.25) is 0 Å². The zero-order valence-corrected chi connectivity index (χ0v) is 14.6. The molecule has 4 nitrogen and oxygen atoms in total. The number of nitrogens with zero attached hydrogens (tertiary/aromatic N) is 1. The Morgan fingerprint density at radius 3 is 2.88 bits per heavy atom. The molecule has 1 fully saturated rings. The molecule has 1 N–H and O–H groups in total. The topological polar surface area (TPSA) is 41.6 Å². The zero-order chi connectivity index (χ0) is 17.8.